The zero-order chi connectivity index (χ0) is 21.7. The molecule has 2 N–H and O–H groups in total. The molecule has 1 aromatic heterocycles. The van der Waals surface area contributed by atoms with Gasteiger partial charge in [0, 0.05) is 25.4 Å². The summed E-state index contributed by atoms with van der Waals surface area (Å²) in [7, 11) is 1.59. The molecule has 1 atom stereocenters. The van der Waals surface area contributed by atoms with E-state index in [9.17, 15) is 17.6 Å². The molecule has 0 bridgehead atoms. The van der Waals surface area contributed by atoms with Crippen molar-refractivity contribution in [1.82, 2.24) is 15.6 Å². The summed E-state index contributed by atoms with van der Waals surface area (Å²) in [4.78, 5) is 7.70. The number of aromatic nitrogens is 1. The predicted molar refractivity (Wildman–Crippen MR) is 108 cm³/mol. The van der Waals surface area contributed by atoms with Crippen molar-refractivity contribution < 1.29 is 22.3 Å². The van der Waals surface area contributed by atoms with E-state index in [1.165, 1.54) is 6.07 Å². The fourth-order valence-corrected chi connectivity index (χ4v) is 3.53. The van der Waals surface area contributed by atoms with Crippen LogP contribution in [0.4, 0.5) is 17.6 Å². The second-order valence-electron chi connectivity index (χ2n) is 7.18. The molecule has 10 heteroatoms. The number of thiazole rings is 1. The molecule has 3 rings (SSSR count). The lowest BCUT2D eigenvalue weighted by atomic mass is 10.1. The van der Waals surface area contributed by atoms with E-state index in [-0.39, 0.29) is 11.8 Å². The Morgan fingerprint density at radius 3 is 2.73 bits per heavy atom. The molecular weight excluding hydrogens is 420 g/mol. The van der Waals surface area contributed by atoms with Crippen LogP contribution in [0.5, 0.6) is 5.75 Å². The van der Waals surface area contributed by atoms with Gasteiger partial charge in [0.1, 0.15) is 0 Å². The molecule has 5 nitrogen and oxygen atoms in total. The predicted octanol–water partition coefficient (Wildman–Crippen LogP) is 4.56. The van der Waals surface area contributed by atoms with Gasteiger partial charge in [-0.25, -0.2) is 9.37 Å². The lowest BCUT2D eigenvalue weighted by molar-refractivity contribution is -0.140. The third-order valence-electron chi connectivity index (χ3n) is 4.68. The van der Waals surface area contributed by atoms with Gasteiger partial charge in [-0.15, -0.1) is 11.3 Å². The van der Waals surface area contributed by atoms with E-state index in [4.69, 9.17) is 4.74 Å². The molecule has 0 amide bonds. The fraction of sp³-hybridized carbons (Fsp3) is 0.500. The molecule has 0 saturated heterocycles. The SMILES string of the molecule is CN=C(NCCc1nc(C(F)(F)F)cs1)NC(C)c1ccc(OCC2CC2)c(F)c1. The Labute approximate surface area is 176 Å². The van der Waals surface area contributed by atoms with Gasteiger partial charge in [-0.3, -0.25) is 4.99 Å². The lowest BCUT2D eigenvalue weighted by Crippen LogP contribution is -2.39. The molecule has 1 aromatic carbocycles. The third kappa shape index (κ3) is 6.32. The molecule has 1 saturated carbocycles. The van der Waals surface area contributed by atoms with E-state index >= 15 is 0 Å². The van der Waals surface area contributed by atoms with Crippen LogP contribution in [0.25, 0.3) is 0 Å². The number of hydrogen-bond acceptors (Lipinski definition) is 4. The van der Waals surface area contributed by atoms with Crippen molar-refractivity contribution in [1.29, 1.82) is 0 Å². The first kappa shape index (κ1) is 22.3. The zero-order valence-corrected chi connectivity index (χ0v) is 17.5. The zero-order valence-electron chi connectivity index (χ0n) is 16.7. The number of nitrogens with zero attached hydrogens (tertiary/aromatic N) is 2. The molecule has 164 valence electrons. The van der Waals surface area contributed by atoms with Gasteiger partial charge >= 0.3 is 6.18 Å². The number of halogens is 4. The standard InChI is InChI=1S/C20H24F4N4OS/c1-12(14-5-6-16(15(21)9-14)29-10-13-3-4-13)27-19(25-2)26-8-7-18-28-17(11-30-18)20(22,23)24/h5-6,9,11-13H,3-4,7-8,10H2,1-2H3,(H2,25,26,27). The van der Waals surface area contributed by atoms with E-state index in [0.717, 1.165) is 35.1 Å². The van der Waals surface area contributed by atoms with Crippen molar-refractivity contribution in [3.63, 3.8) is 0 Å². The summed E-state index contributed by atoms with van der Waals surface area (Å²) in [6.07, 6.45) is -1.82. The number of aliphatic imine (C=N–C) groups is 1. The number of rotatable bonds is 8. The maximum Gasteiger partial charge on any atom is 0.434 e. The van der Waals surface area contributed by atoms with E-state index in [0.29, 0.717) is 36.5 Å². The fourth-order valence-electron chi connectivity index (χ4n) is 2.72. The maximum atomic E-state index is 14.3. The van der Waals surface area contributed by atoms with Crippen LogP contribution in [0.3, 0.4) is 0 Å². The summed E-state index contributed by atoms with van der Waals surface area (Å²) in [5.74, 6) is 0.851. The smallest absolute Gasteiger partial charge is 0.434 e. The lowest BCUT2D eigenvalue weighted by Gasteiger charge is -2.19. The number of guanidine groups is 1. The molecular formula is C20H24F4N4OS. The van der Waals surface area contributed by atoms with Crippen molar-refractivity contribution in [2.75, 3.05) is 20.2 Å². The molecule has 1 aliphatic carbocycles. The van der Waals surface area contributed by atoms with Crippen LogP contribution in [-0.4, -0.2) is 31.1 Å². The van der Waals surface area contributed by atoms with Crippen molar-refractivity contribution in [3.8, 4) is 5.75 Å². The first-order chi connectivity index (χ1) is 14.3. The summed E-state index contributed by atoms with van der Waals surface area (Å²) < 4.78 is 57.6. The van der Waals surface area contributed by atoms with Gasteiger partial charge in [0.05, 0.1) is 17.7 Å². The molecule has 1 heterocycles. The molecule has 1 unspecified atom stereocenters. The van der Waals surface area contributed by atoms with Crippen LogP contribution in [-0.2, 0) is 12.6 Å². The molecule has 1 aliphatic rings. The number of hydrogen-bond donors (Lipinski definition) is 2. The summed E-state index contributed by atoms with van der Waals surface area (Å²) in [5, 5.41) is 7.58. The molecule has 0 aliphatic heterocycles. The Kier molecular flexibility index (Phi) is 7.17. The van der Waals surface area contributed by atoms with E-state index < -0.39 is 17.7 Å². The van der Waals surface area contributed by atoms with Gasteiger partial charge in [0.15, 0.2) is 23.2 Å². The highest BCUT2D eigenvalue weighted by Crippen LogP contribution is 2.31. The van der Waals surface area contributed by atoms with Crippen LogP contribution in [0, 0.1) is 11.7 Å². The Bertz CT molecular complexity index is 880. The number of nitrogens with one attached hydrogen (secondary N) is 2. The number of benzene rings is 1. The Morgan fingerprint density at radius 1 is 1.37 bits per heavy atom. The quantitative estimate of drug-likeness (QED) is 0.356. The molecule has 1 fully saturated rings. The minimum absolute atomic E-state index is 0.236. The van der Waals surface area contributed by atoms with Gasteiger partial charge < -0.3 is 15.4 Å². The third-order valence-corrected chi connectivity index (χ3v) is 5.59. The Balaban J connectivity index is 1.48. The number of alkyl halides is 3. The highest BCUT2D eigenvalue weighted by molar-refractivity contribution is 7.09. The van der Waals surface area contributed by atoms with E-state index in [2.05, 4.69) is 20.6 Å². The first-order valence-corrected chi connectivity index (χ1v) is 10.5. The second-order valence-corrected chi connectivity index (χ2v) is 8.13. The highest BCUT2D eigenvalue weighted by Gasteiger charge is 2.33. The van der Waals surface area contributed by atoms with Crippen LogP contribution in [0.2, 0.25) is 0 Å². The molecule has 0 spiro atoms. The monoisotopic (exact) mass is 444 g/mol. The summed E-state index contributed by atoms with van der Waals surface area (Å²) in [6.45, 7) is 2.77. The second kappa shape index (κ2) is 9.63. The van der Waals surface area contributed by atoms with Gasteiger partial charge in [0.25, 0.3) is 0 Å². The van der Waals surface area contributed by atoms with Crippen molar-refractivity contribution >= 4 is 17.3 Å². The van der Waals surface area contributed by atoms with Crippen LogP contribution in [0.15, 0.2) is 28.6 Å². The van der Waals surface area contributed by atoms with Crippen molar-refractivity contribution in [2.24, 2.45) is 10.9 Å². The van der Waals surface area contributed by atoms with Gasteiger partial charge in [-0.1, -0.05) is 6.07 Å². The van der Waals surface area contributed by atoms with E-state index in [1.54, 1.807) is 19.2 Å². The largest absolute Gasteiger partial charge is 0.490 e. The van der Waals surface area contributed by atoms with Crippen LogP contribution < -0.4 is 15.4 Å². The number of ether oxygens (including phenoxy) is 1. The Hall–Kier alpha value is -2.36. The van der Waals surface area contributed by atoms with Crippen LogP contribution >= 0.6 is 11.3 Å². The minimum Gasteiger partial charge on any atom is -0.490 e. The summed E-state index contributed by atoms with van der Waals surface area (Å²) in [5.41, 5.74) is -0.144. The van der Waals surface area contributed by atoms with Crippen molar-refractivity contribution in [2.45, 2.75) is 38.4 Å². The summed E-state index contributed by atoms with van der Waals surface area (Å²) in [6, 6.07) is 4.62. The molecule has 2 aromatic rings. The van der Waals surface area contributed by atoms with Crippen molar-refractivity contribution in [3.05, 3.63) is 45.7 Å². The van der Waals surface area contributed by atoms with Gasteiger partial charge in [-0.2, -0.15) is 13.2 Å². The summed E-state index contributed by atoms with van der Waals surface area (Å²) >= 11 is 0.974. The average Bonchev–Trinajstić information content (AvgIpc) is 3.40. The maximum absolute atomic E-state index is 14.3. The van der Waals surface area contributed by atoms with Gasteiger partial charge in [-0.05, 0) is 43.4 Å². The topological polar surface area (TPSA) is 58.5 Å². The van der Waals surface area contributed by atoms with Gasteiger partial charge in [0.2, 0.25) is 0 Å². The minimum atomic E-state index is -4.43. The normalized spacial score (nSPS) is 15.7. The van der Waals surface area contributed by atoms with Crippen LogP contribution in [0.1, 0.15) is 42.1 Å². The first-order valence-electron chi connectivity index (χ1n) is 9.67. The highest BCUT2D eigenvalue weighted by atomic mass is 32.1. The van der Waals surface area contributed by atoms with E-state index in [1.807, 2.05) is 6.92 Å². The average molecular weight is 444 g/mol. The Morgan fingerprint density at radius 2 is 2.13 bits per heavy atom. The molecule has 30 heavy (non-hydrogen) atoms. The molecule has 0 radical (unpaired) electrons.